The number of rotatable bonds is 7. The molecule has 0 radical (unpaired) electrons. The lowest BCUT2D eigenvalue weighted by molar-refractivity contribution is 0.0736. The van der Waals surface area contributed by atoms with E-state index in [9.17, 15) is 18.0 Å². The molecular formula is C22H25N5O5S2. The molecule has 0 saturated heterocycles. The highest BCUT2D eigenvalue weighted by Crippen LogP contribution is 2.29. The van der Waals surface area contributed by atoms with Crippen LogP contribution in [-0.4, -0.2) is 59.2 Å². The molecule has 4 rings (SSSR count). The van der Waals surface area contributed by atoms with Crippen molar-refractivity contribution < 1.29 is 22.5 Å². The summed E-state index contributed by atoms with van der Waals surface area (Å²) in [7, 11) is -3.58. The van der Waals surface area contributed by atoms with Gasteiger partial charge in [0, 0.05) is 42.6 Å². The van der Waals surface area contributed by atoms with Crippen molar-refractivity contribution in [1.82, 2.24) is 19.3 Å². The van der Waals surface area contributed by atoms with Crippen LogP contribution in [0.3, 0.4) is 0 Å². The average Bonchev–Trinajstić information content (AvgIpc) is 3.44. The van der Waals surface area contributed by atoms with Gasteiger partial charge in [0.2, 0.25) is 10.0 Å². The van der Waals surface area contributed by atoms with E-state index in [0.29, 0.717) is 49.1 Å². The van der Waals surface area contributed by atoms with Crippen LogP contribution in [0.4, 0.5) is 5.13 Å². The molecule has 1 N–H and O–H groups in total. The number of aryl methyl sites for hydroxylation is 1. The molecule has 1 aliphatic heterocycles. The van der Waals surface area contributed by atoms with Crippen molar-refractivity contribution >= 4 is 38.3 Å². The summed E-state index contributed by atoms with van der Waals surface area (Å²) in [6.07, 6.45) is 0.560. The topological polar surface area (TPSA) is 126 Å². The quantitative estimate of drug-likeness (QED) is 0.525. The first kappa shape index (κ1) is 24.0. The van der Waals surface area contributed by atoms with Crippen molar-refractivity contribution in [3.05, 3.63) is 57.9 Å². The number of nitrogens with one attached hydrogen (secondary N) is 1. The van der Waals surface area contributed by atoms with Gasteiger partial charge in [-0.1, -0.05) is 30.3 Å². The van der Waals surface area contributed by atoms with Gasteiger partial charge in [0.25, 0.3) is 11.8 Å². The standard InChI is InChI=1S/C22H25N5O5S2/c1-4-27(5-2)34(30,31)16-8-6-15(7-9-16)21(29)26-11-10-17-19(13-26)33-22(23-17)24-20(28)18-12-14(3)32-25-18/h6-9,12H,4-5,10-11,13H2,1-3H3,(H,23,24,28). The zero-order chi connectivity index (χ0) is 24.5. The first-order valence-electron chi connectivity index (χ1n) is 10.9. The smallest absolute Gasteiger partial charge is 0.279 e. The van der Waals surface area contributed by atoms with Crippen LogP contribution in [0.25, 0.3) is 0 Å². The molecule has 2 aromatic heterocycles. The third-order valence-corrected chi connectivity index (χ3v) is 8.61. The van der Waals surface area contributed by atoms with Crippen molar-refractivity contribution in [2.45, 2.75) is 38.6 Å². The summed E-state index contributed by atoms with van der Waals surface area (Å²) in [6, 6.07) is 7.59. The maximum absolute atomic E-state index is 13.1. The van der Waals surface area contributed by atoms with E-state index >= 15 is 0 Å². The van der Waals surface area contributed by atoms with Crippen molar-refractivity contribution in [2.75, 3.05) is 25.0 Å². The van der Waals surface area contributed by atoms with Crippen LogP contribution in [0.2, 0.25) is 0 Å². The number of nitrogens with zero attached hydrogens (tertiary/aromatic N) is 4. The van der Waals surface area contributed by atoms with E-state index in [4.69, 9.17) is 4.52 Å². The average molecular weight is 504 g/mol. The van der Waals surface area contributed by atoms with Crippen LogP contribution in [0, 0.1) is 6.92 Å². The molecule has 0 fully saturated rings. The number of sulfonamides is 1. The van der Waals surface area contributed by atoms with Crippen molar-refractivity contribution in [1.29, 1.82) is 0 Å². The number of carbonyl (C=O) groups is 2. The molecule has 3 heterocycles. The first-order valence-corrected chi connectivity index (χ1v) is 13.1. The van der Waals surface area contributed by atoms with Gasteiger partial charge in [-0.2, -0.15) is 4.31 Å². The van der Waals surface area contributed by atoms with E-state index in [2.05, 4.69) is 15.5 Å². The Balaban J connectivity index is 1.44. The van der Waals surface area contributed by atoms with Crippen LogP contribution < -0.4 is 5.32 Å². The maximum Gasteiger partial charge on any atom is 0.279 e. The second-order valence-corrected chi connectivity index (χ2v) is 10.8. The van der Waals surface area contributed by atoms with Gasteiger partial charge in [0.05, 0.1) is 17.1 Å². The number of amides is 2. The minimum absolute atomic E-state index is 0.166. The zero-order valence-electron chi connectivity index (χ0n) is 19.1. The van der Waals surface area contributed by atoms with E-state index in [1.165, 1.54) is 27.8 Å². The fourth-order valence-electron chi connectivity index (χ4n) is 3.72. The van der Waals surface area contributed by atoms with E-state index in [1.807, 2.05) is 0 Å². The van der Waals surface area contributed by atoms with Crippen LogP contribution in [-0.2, 0) is 23.0 Å². The Morgan fingerprint density at radius 3 is 2.53 bits per heavy atom. The Morgan fingerprint density at radius 2 is 1.91 bits per heavy atom. The summed E-state index contributed by atoms with van der Waals surface area (Å²) >= 11 is 1.32. The number of hydrogen-bond acceptors (Lipinski definition) is 8. The van der Waals surface area contributed by atoms with Crippen LogP contribution in [0.15, 0.2) is 39.8 Å². The van der Waals surface area contributed by atoms with Gasteiger partial charge in [-0.3, -0.25) is 14.9 Å². The molecule has 3 aromatic rings. The number of carbonyl (C=O) groups excluding carboxylic acids is 2. The second kappa shape index (κ2) is 9.65. The Hall–Kier alpha value is -3.09. The van der Waals surface area contributed by atoms with Gasteiger partial charge >= 0.3 is 0 Å². The molecule has 1 aliphatic rings. The highest BCUT2D eigenvalue weighted by Gasteiger charge is 2.27. The highest BCUT2D eigenvalue weighted by atomic mass is 32.2. The summed E-state index contributed by atoms with van der Waals surface area (Å²) in [6.45, 7) is 6.88. The number of anilines is 1. The van der Waals surface area contributed by atoms with Gasteiger partial charge in [-0.15, -0.1) is 0 Å². The predicted molar refractivity (Wildman–Crippen MR) is 126 cm³/mol. The normalized spacial score (nSPS) is 13.7. The van der Waals surface area contributed by atoms with Gasteiger partial charge in [-0.05, 0) is 31.2 Å². The Kier molecular flexibility index (Phi) is 6.82. The maximum atomic E-state index is 13.1. The fraction of sp³-hybridized carbons (Fsp3) is 0.364. The molecule has 1 aromatic carbocycles. The lowest BCUT2D eigenvalue weighted by Crippen LogP contribution is -2.35. The number of benzene rings is 1. The summed E-state index contributed by atoms with van der Waals surface area (Å²) in [5.74, 6) is -0.0541. The minimum Gasteiger partial charge on any atom is -0.361 e. The van der Waals surface area contributed by atoms with Gasteiger partial charge < -0.3 is 9.42 Å². The van der Waals surface area contributed by atoms with Crippen molar-refractivity contribution in [3.8, 4) is 0 Å². The molecule has 0 saturated carbocycles. The number of fused-ring (bicyclic) bond motifs is 1. The van der Waals surface area contributed by atoms with Crippen molar-refractivity contribution in [2.24, 2.45) is 0 Å². The lowest BCUT2D eigenvalue weighted by Gasteiger charge is -2.26. The third kappa shape index (κ3) is 4.74. The molecule has 0 aliphatic carbocycles. The first-order chi connectivity index (χ1) is 16.2. The largest absolute Gasteiger partial charge is 0.361 e. The minimum atomic E-state index is -3.58. The molecular weight excluding hydrogens is 478 g/mol. The Morgan fingerprint density at radius 1 is 1.21 bits per heavy atom. The third-order valence-electron chi connectivity index (χ3n) is 5.54. The molecule has 0 spiro atoms. The SMILES string of the molecule is CCN(CC)S(=O)(=O)c1ccc(C(=O)N2CCc3nc(NC(=O)c4cc(C)on4)sc3C2)cc1. The lowest BCUT2D eigenvalue weighted by atomic mass is 10.1. The van der Waals surface area contributed by atoms with Crippen LogP contribution >= 0.6 is 11.3 Å². The molecule has 2 amide bonds. The summed E-state index contributed by atoms with van der Waals surface area (Å²) in [5, 5.41) is 6.87. The summed E-state index contributed by atoms with van der Waals surface area (Å²) < 4.78 is 31.6. The molecule has 180 valence electrons. The molecule has 0 atom stereocenters. The van der Waals surface area contributed by atoms with Crippen molar-refractivity contribution in [3.63, 3.8) is 0 Å². The number of hydrogen-bond donors (Lipinski definition) is 1. The van der Waals surface area contributed by atoms with Crippen LogP contribution in [0.1, 0.15) is 51.0 Å². The summed E-state index contributed by atoms with van der Waals surface area (Å²) in [4.78, 5) is 32.6. The molecule has 10 nitrogen and oxygen atoms in total. The van der Waals surface area contributed by atoms with Gasteiger partial charge in [0.1, 0.15) is 5.76 Å². The fourth-order valence-corrected chi connectivity index (χ4v) is 6.20. The Labute approximate surface area is 201 Å². The highest BCUT2D eigenvalue weighted by molar-refractivity contribution is 7.89. The summed E-state index contributed by atoms with van der Waals surface area (Å²) in [5.41, 5.74) is 1.44. The van der Waals surface area contributed by atoms with E-state index in [0.717, 1.165) is 10.6 Å². The monoisotopic (exact) mass is 503 g/mol. The Bertz CT molecular complexity index is 1310. The van der Waals surface area contributed by atoms with Crippen LogP contribution in [0.5, 0.6) is 0 Å². The molecule has 0 bridgehead atoms. The van der Waals surface area contributed by atoms with E-state index < -0.39 is 15.9 Å². The number of aromatic nitrogens is 2. The zero-order valence-corrected chi connectivity index (χ0v) is 20.7. The second-order valence-electron chi connectivity index (χ2n) is 7.76. The van der Waals surface area contributed by atoms with Gasteiger partial charge in [0.15, 0.2) is 10.8 Å². The predicted octanol–water partition coefficient (Wildman–Crippen LogP) is 2.92. The number of thiazole rings is 1. The van der Waals surface area contributed by atoms with Gasteiger partial charge in [-0.25, -0.2) is 13.4 Å². The molecule has 34 heavy (non-hydrogen) atoms. The van der Waals surface area contributed by atoms with E-state index in [-0.39, 0.29) is 16.5 Å². The molecule has 12 heteroatoms. The van der Waals surface area contributed by atoms with E-state index in [1.54, 1.807) is 43.9 Å². The molecule has 0 unspecified atom stereocenters.